The summed E-state index contributed by atoms with van der Waals surface area (Å²) in [6, 6.07) is 6.17. The van der Waals surface area contributed by atoms with Crippen LogP contribution in [0.4, 0.5) is 0 Å². The number of halogens is 1. The zero-order valence-electron chi connectivity index (χ0n) is 8.79. The predicted molar refractivity (Wildman–Crippen MR) is 60.0 cm³/mol. The van der Waals surface area contributed by atoms with Crippen LogP contribution in [0.2, 0.25) is 5.02 Å². The molecule has 0 aromatic heterocycles. The molecule has 0 amide bonds. The molecule has 80 valence electrons. The Labute approximate surface area is 94.8 Å². The summed E-state index contributed by atoms with van der Waals surface area (Å²) in [4.78, 5) is 2.34. The first kappa shape index (κ1) is 9.64. The Morgan fingerprint density at radius 2 is 2.27 bits per heavy atom. The molecule has 2 aliphatic rings. The van der Waals surface area contributed by atoms with Crippen LogP contribution in [0.3, 0.4) is 0 Å². The standard InChI is InChI=1S/C12H14ClNO/c1-14-5-4-12(8-15-12)11-6-10(13)3-2-9(11)7-14/h2-3,6H,4-5,7-8H2,1H3. The van der Waals surface area contributed by atoms with Gasteiger partial charge < -0.3 is 9.64 Å². The molecule has 0 saturated carbocycles. The van der Waals surface area contributed by atoms with E-state index in [0.29, 0.717) is 0 Å². The lowest BCUT2D eigenvalue weighted by Crippen LogP contribution is -2.18. The fourth-order valence-electron chi connectivity index (χ4n) is 2.37. The SMILES string of the molecule is CN1CCC2(CO2)c2cc(Cl)ccc2C1. The maximum Gasteiger partial charge on any atom is 0.118 e. The molecule has 2 nitrogen and oxygen atoms in total. The van der Waals surface area contributed by atoms with E-state index in [4.69, 9.17) is 16.3 Å². The molecule has 1 unspecified atom stereocenters. The highest BCUT2D eigenvalue weighted by molar-refractivity contribution is 6.30. The molecule has 2 aliphatic heterocycles. The Morgan fingerprint density at radius 1 is 1.47 bits per heavy atom. The van der Waals surface area contributed by atoms with Gasteiger partial charge in [-0.2, -0.15) is 0 Å². The van der Waals surface area contributed by atoms with E-state index in [1.807, 2.05) is 6.07 Å². The Hall–Kier alpha value is -0.570. The highest BCUT2D eigenvalue weighted by atomic mass is 35.5. The van der Waals surface area contributed by atoms with Gasteiger partial charge in [-0.05, 0) is 36.7 Å². The molecular weight excluding hydrogens is 210 g/mol. The van der Waals surface area contributed by atoms with Gasteiger partial charge in [0.15, 0.2) is 0 Å². The summed E-state index contributed by atoms with van der Waals surface area (Å²) in [5.74, 6) is 0. The Bertz CT molecular complexity index is 401. The second-order valence-electron chi connectivity index (χ2n) is 4.57. The van der Waals surface area contributed by atoms with Crippen LogP contribution in [-0.4, -0.2) is 25.1 Å². The quantitative estimate of drug-likeness (QED) is 0.628. The maximum atomic E-state index is 6.05. The van der Waals surface area contributed by atoms with Gasteiger partial charge in [0.2, 0.25) is 0 Å². The van der Waals surface area contributed by atoms with Gasteiger partial charge in [-0.15, -0.1) is 0 Å². The third-order valence-corrected chi connectivity index (χ3v) is 3.63. The van der Waals surface area contributed by atoms with Gasteiger partial charge in [-0.25, -0.2) is 0 Å². The van der Waals surface area contributed by atoms with Crippen molar-refractivity contribution in [1.29, 1.82) is 0 Å². The first-order valence-electron chi connectivity index (χ1n) is 5.31. The van der Waals surface area contributed by atoms with Crippen LogP contribution < -0.4 is 0 Å². The number of benzene rings is 1. The third-order valence-electron chi connectivity index (χ3n) is 3.39. The fraction of sp³-hybridized carbons (Fsp3) is 0.500. The van der Waals surface area contributed by atoms with E-state index in [0.717, 1.165) is 31.1 Å². The zero-order chi connectivity index (χ0) is 10.5. The van der Waals surface area contributed by atoms with Crippen LogP contribution in [0, 0.1) is 0 Å². The summed E-state index contributed by atoms with van der Waals surface area (Å²) in [7, 11) is 2.15. The van der Waals surface area contributed by atoms with Gasteiger partial charge in [-0.1, -0.05) is 17.7 Å². The average Bonchev–Trinajstić information content (AvgIpc) is 2.99. The predicted octanol–water partition coefficient (Wildman–Crippen LogP) is 2.40. The van der Waals surface area contributed by atoms with Crippen molar-refractivity contribution < 1.29 is 4.74 Å². The highest BCUT2D eigenvalue weighted by Gasteiger charge is 2.48. The van der Waals surface area contributed by atoms with Crippen LogP contribution in [0.1, 0.15) is 17.5 Å². The van der Waals surface area contributed by atoms with Crippen LogP contribution in [0.15, 0.2) is 18.2 Å². The molecule has 1 fully saturated rings. The van der Waals surface area contributed by atoms with Crippen molar-refractivity contribution in [3.05, 3.63) is 34.3 Å². The lowest BCUT2D eigenvalue weighted by molar-refractivity contribution is 0.258. The number of hydrogen-bond acceptors (Lipinski definition) is 2. The zero-order valence-corrected chi connectivity index (χ0v) is 9.55. The van der Waals surface area contributed by atoms with E-state index in [1.54, 1.807) is 0 Å². The summed E-state index contributed by atoms with van der Waals surface area (Å²) in [6.45, 7) is 2.94. The first-order chi connectivity index (χ1) is 7.20. The van der Waals surface area contributed by atoms with Crippen molar-refractivity contribution in [3.8, 4) is 0 Å². The maximum absolute atomic E-state index is 6.05. The summed E-state index contributed by atoms with van der Waals surface area (Å²) in [5.41, 5.74) is 2.65. The summed E-state index contributed by atoms with van der Waals surface area (Å²) in [5, 5.41) is 0.813. The molecule has 2 heterocycles. The normalized spacial score (nSPS) is 30.0. The van der Waals surface area contributed by atoms with E-state index in [-0.39, 0.29) is 5.60 Å². The second kappa shape index (κ2) is 3.21. The highest BCUT2D eigenvalue weighted by Crippen LogP contribution is 2.46. The minimum atomic E-state index is -0.00894. The van der Waals surface area contributed by atoms with Gasteiger partial charge in [0, 0.05) is 18.1 Å². The van der Waals surface area contributed by atoms with Gasteiger partial charge >= 0.3 is 0 Å². The minimum absolute atomic E-state index is 0.00894. The van der Waals surface area contributed by atoms with Crippen molar-refractivity contribution in [1.82, 2.24) is 4.90 Å². The molecule has 1 saturated heterocycles. The van der Waals surface area contributed by atoms with E-state index >= 15 is 0 Å². The number of hydrogen-bond donors (Lipinski definition) is 0. The molecule has 1 aromatic rings. The largest absolute Gasteiger partial charge is 0.364 e. The molecule has 1 atom stereocenters. The molecule has 0 bridgehead atoms. The summed E-state index contributed by atoms with van der Waals surface area (Å²) < 4.78 is 5.66. The number of fused-ring (bicyclic) bond motifs is 2. The summed E-state index contributed by atoms with van der Waals surface area (Å²) >= 11 is 6.05. The van der Waals surface area contributed by atoms with Gasteiger partial charge in [-0.3, -0.25) is 0 Å². The molecule has 0 radical (unpaired) electrons. The Kier molecular flexibility index (Phi) is 2.06. The van der Waals surface area contributed by atoms with Crippen molar-refractivity contribution in [2.75, 3.05) is 20.2 Å². The van der Waals surface area contributed by atoms with E-state index in [9.17, 15) is 0 Å². The van der Waals surface area contributed by atoms with Crippen molar-refractivity contribution in [2.45, 2.75) is 18.6 Å². The molecule has 3 rings (SSSR count). The second-order valence-corrected chi connectivity index (χ2v) is 5.01. The van der Waals surface area contributed by atoms with Crippen LogP contribution >= 0.6 is 11.6 Å². The minimum Gasteiger partial charge on any atom is -0.364 e. The van der Waals surface area contributed by atoms with Gasteiger partial charge in [0.05, 0.1) is 6.61 Å². The number of ether oxygens (including phenoxy) is 1. The van der Waals surface area contributed by atoms with E-state index < -0.39 is 0 Å². The van der Waals surface area contributed by atoms with E-state index in [1.165, 1.54) is 11.1 Å². The lowest BCUT2D eigenvalue weighted by Gasteiger charge is -2.12. The lowest BCUT2D eigenvalue weighted by atomic mass is 9.93. The number of rotatable bonds is 0. The van der Waals surface area contributed by atoms with Gasteiger partial charge in [0.1, 0.15) is 5.60 Å². The molecule has 0 aliphatic carbocycles. The van der Waals surface area contributed by atoms with Crippen LogP contribution in [0.25, 0.3) is 0 Å². The van der Waals surface area contributed by atoms with Gasteiger partial charge in [0.25, 0.3) is 0 Å². The molecule has 3 heteroatoms. The first-order valence-corrected chi connectivity index (χ1v) is 5.69. The average molecular weight is 224 g/mol. The molecule has 1 spiro atoms. The molecule has 1 aromatic carbocycles. The summed E-state index contributed by atoms with van der Waals surface area (Å²) in [6.07, 6.45) is 1.08. The van der Waals surface area contributed by atoms with Crippen LogP contribution in [0.5, 0.6) is 0 Å². The molecule has 0 N–H and O–H groups in total. The fourth-order valence-corrected chi connectivity index (χ4v) is 2.55. The van der Waals surface area contributed by atoms with Crippen molar-refractivity contribution in [2.24, 2.45) is 0 Å². The topological polar surface area (TPSA) is 15.8 Å². The smallest absolute Gasteiger partial charge is 0.118 e. The number of nitrogens with zero attached hydrogens (tertiary/aromatic N) is 1. The molecule has 15 heavy (non-hydrogen) atoms. The Balaban J connectivity index is 2.10. The number of epoxide rings is 1. The third kappa shape index (κ3) is 1.57. The molecular formula is C12H14ClNO. The van der Waals surface area contributed by atoms with Crippen molar-refractivity contribution in [3.63, 3.8) is 0 Å². The van der Waals surface area contributed by atoms with Crippen molar-refractivity contribution >= 4 is 11.6 Å². The Morgan fingerprint density at radius 3 is 3.00 bits per heavy atom. The monoisotopic (exact) mass is 223 g/mol. The van der Waals surface area contributed by atoms with E-state index in [2.05, 4.69) is 24.1 Å². The van der Waals surface area contributed by atoms with Crippen LogP contribution in [-0.2, 0) is 16.9 Å².